The number of carbonyl (C=O) groups is 2. The van der Waals surface area contributed by atoms with Crippen LogP contribution in [0.3, 0.4) is 0 Å². The van der Waals surface area contributed by atoms with Gasteiger partial charge in [0.15, 0.2) is 0 Å². The van der Waals surface area contributed by atoms with E-state index < -0.39 is 21.2 Å². The molecule has 27 heavy (non-hydrogen) atoms. The lowest BCUT2D eigenvalue weighted by Crippen LogP contribution is -2.45. The zero-order valence-electron chi connectivity index (χ0n) is 14.3. The molecule has 0 aliphatic heterocycles. The molecule has 0 N–H and O–H groups in total. The first-order chi connectivity index (χ1) is 13.2. The maximum Gasteiger partial charge on any atom is 0.458 e. The van der Waals surface area contributed by atoms with Crippen LogP contribution in [-0.2, 0) is 4.43 Å². The fourth-order valence-corrected chi connectivity index (χ4v) is 4.45. The summed E-state index contributed by atoms with van der Waals surface area (Å²) < 4.78 is 10.5. The summed E-state index contributed by atoms with van der Waals surface area (Å²) in [5, 5.41) is 8.44. The van der Waals surface area contributed by atoms with Gasteiger partial charge in [-0.3, -0.25) is 0 Å². The SMILES string of the molecule is O=C(N=NC(=O)O[SiH](c1ccccc1)c1ccccc1)Oc1ccccc1. The Morgan fingerprint density at radius 3 is 1.59 bits per heavy atom. The van der Waals surface area contributed by atoms with E-state index in [2.05, 4.69) is 10.2 Å². The van der Waals surface area contributed by atoms with Crippen LogP contribution in [0.4, 0.5) is 9.59 Å². The van der Waals surface area contributed by atoms with Crippen molar-refractivity contribution in [2.45, 2.75) is 0 Å². The molecule has 134 valence electrons. The molecule has 0 spiro atoms. The average Bonchev–Trinajstić information content (AvgIpc) is 2.72. The third-order valence-electron chi connectivity index (χ3n) is 3.58. The minimum Gasteiger partial charge on any atom is -0.495 e. The van der Waals surface area contributed by atoms with E-state index >= 15 is 0 Å². The van der Waals surface area contributed by atoms with Crippen molar-refractivity contribution in [3.63, 3.8) is 0 Å². The number of amides is 2. The Morgan fingerprint density at radius 2 is 1.07 bits per heavy atom. The van der Waals surface area contributed by atoms with Gasteiger partial charge in [0.2, 0.25) is 0 Å². The highest BCUT2D eigenvalue weighted by Gasteiger charge is 2.22. The number of azo groups is 1. The maximum absolute atomic E-state index is 12.1. The Balaban J connectivity index is 1.68. The van der Waals surface area contributed by atoms with Gasteiger partial charge in [0.1, 0.15) is 5.75 Å². The van der Waals surface area contributed by atoms with Crippen molar-refractivity contribution in [2.24, 2.45) is 10.2 Å². The molecule has 0 bridgehead atoms. The molecule has 0 unspecified atom stereocenters. The van der Waals surface area contributed by atoms with Crippen LogP contribution in [0.1, 0.15) is 0 Å². The van der Waals surface area contributed by atoms with Crippen molar-refractivity contribution in [1.82, 2.24) is 0 Å². The second kappa shape index (κ2) is 9.21. The first-order valence-electron chi connectivity index (χ1n) is 8.21. The lowest BCUT2D eigenvalue weighted by atomic mass is 10.3. The third kappa shape index (κ3) is 5.45. The number of benzene rings is 3. The second-order valence-electron chi connectivity index (χ2n) is 5.47. The topological polar surface area (TPSA) is 77.3 Å². The zero-order valence-corrected chi connectivity index (χ0v) is 15.4. The number of rotatable bonds is 4. The van der Waals surface area contributed by atoms with Crippen molar-refractivity contribution in [1.29, 1.82) is 0 Å². The predicted molar refractivity (Wildman–Crippen MR) is 103 cm³/mol. The minimum atomic E-state index is -2.30. The Hall–Kier alpha value is -3.58. The van der Waals surface area contributed by atoms with E-state index in [0.29, 0.717) is 5.75 Å². The second-order valence-corrected chi connectivity index (χ2v) is 7.80. The summed E-state index contributed by atoms with van der Waals surface area (Å²) in [7, 11) is -2.30. The number of hydrogen-bond donors (Lipinski definition) is 0. The lowest BCUT2D eigenvalue weighted by Gasteiger charge is -2.15. The van der Waals surface area contributed by atoms with Crippen LogP contribution in [0, 0.1) is 0 Å². The number of ether oxygens (including phenoxy) is 1. The predicted octanol–water partition coefficient (Wildman–Crippen LogP) is 3.31. The van der Waals surface area contributed by atoms with Crippen LogP contribution >= 0.6 is 0 Å². The van der Waals surface area contributed by atoms with Crippen molar-refractivity contribution < 1.29 is 18.8 Å². The van der Waals surface area contributed by atoms with Crippen LogP contribution in [0.15, 0.2) is 101 Å². The highest BCUT2D eigenvalue weighted by Crippen LogP contribution is 2.09. The first kappa shape index (κ1) is 18.2. The van der Waals surface area contributed by atoms with E-state index in [4.69, 9.17) is 9.16 Å². The zero-order chi connectivity index (χ0) is 18.9. The van der Waals surface area contributed by atoms with Crippen LogP contribution in [-0.4, -0.2) is 21.2 Å². The van der Waals surface area contributed by atoms with Crippen LogP contribution < -0.4 is 15.1 Å². The molecule has 3 rings (SSSR count). The third-order valence-corrected chi connectivity index (χ3v) is 6.00. The summed E-state index contributed by atoms with van der Waals surface area (Å²) in [6, 6.07) is 27.3. The van der Waals surface area contributed by atoms with E-state index in [-0.39, 0.29) is 0 Å². The molecule has 0 fully saturated rings. The van der Waals surface area contributed by atoms with Gasteiger partial charge in [-0.05, 0) is 22.5 Å². The lowest BCUT2D eigenvalue weighted by molar-refractivity contribution is 0.201. The standard InChI is InChI=1S/C20H16N2O4Si/c23-19(25-16-10-4-1-5-11-16)21-22-20(24)26-27(17-12-6-2-7-13-17)18-14-8-3-9-15-18/h1-15,27H. The van der Waals surface area contributed by atoms with Crippen molar-refractivity contribution in [3.8, 4) is 5.75 Å². The van der Waals surface area contributed by atoms with E-state index in [0.717, 1.165) is 10.4 Å². The molecule has 7 heteroatoms. The van der Waals surface area contributed by atoms with Gasteiger partial charge in [-0.15, -0.1) is 0 Å². The molecule has 0 aliphatic rings. The van der Waals surface area contributed by atoms with E-state index in [1.807, 2.05) is 60.7 Å². The molecule has 0 aliphatic carbocycles. The van der Waals surface area contributed by atoms with E-state index in [1.54, 1.807) is 30.3 Å². The fourth-order valence-electron chi connectivity index (χ4n) is 2.40. The fraction of sp³-hybridized carbons (Fsp3) is 0. The van der Waals surface area contributed by atoms with E-state index in [1.165, 1.54) is 0 Å². The number of nitrogens with zero attached hydrogens (tertiary/aromatic N) is 2. The molecule has 0 aromatic heterocycles. The van der Waals surface area contributed by atoms with Gasteiger partial charge in [-0.1, -0.05) is 89.1 Å². The van der Waals surface area contributed by atoms with Crippen molar-refractivity contribution in [3.05, 3.63) is 91.0 Å². The quantitative estimate of drug-likeness (QED) is 0.517. The van der Waals surface area contributed by atoms with Gasteiger partial charge < -0.3 is 9.16 Å². The van der Waals surface area contributed by atoms with Gasteiger partial charge in [0.05, 0.1) is 0 Å². The summed E-state index contributed by atoms with van der Waals surface area (Å²) in [5.41, 5.74) is 0. The molecule has 6 nitrogen and oxygen atoms in total. The van der Waals surface area contributed by atoms with Gasteiger partial charge in [-0.2, -0.15) is 0 Å². The first-order valence-corrected chi connectivity index (χ1v) is 9.84. The average molecular weight is 376 g/mol. The molecule has 0 heterocycles. The Morgan fingerprint density at radius 1 is 0.630 bits per heavy atom. The van der Waals surface area contributed by atoms with E-state index in [9.17, 15) is 9.59 Å². The molecule has 0 saturated carbocycles. The highest BCUT2D eigenvalue weighted by molar-refractivity contribution is 6.81. The normalized spacial score (nSPS) is 10.7. The summed E-state index contributed by atoms with van der Waals surface area (Å²) in [6.07, 6.45) is -1.92. The van der Waals surface area contributed by atoms with Gasteiger partial charge in [-0.25, -0.2) is 9.59 Å². The minimum absolute atomic E-state index is 0.315. The summed E-state index contributed by atoms with van der Waals surface area (Å²) in [5.74, 6) is 0.315. The smallest absolute Gasteiger partial charge is 0.458 e. The van der Waals surface area contributed by atoms with Gasteiger partial charge >= 0.3 is 21.2 Å². The largest absolute Gasteiger partial charge is 0.495 e. The molecule has 3 aromatic carbocycles. The Labute approximate surface area is 157 Å². The van der Waals surface area contributed by atoms with Crippen molar-refractivity contribution >= 4 is 31.6 Å². The highest BCUT2D eigenvalue weighted by atomic mass is 28.3. The molecular formula is C20H16N2O4Si. The molecule has 0 radical (unpaired) electrons. The van der Waals surface area contributed by atoms with Gasteiger partial charge in [0, 0.05) is 0 Å². The van der Waals surface area contributed by atoms with Crippen LogP contribution in [0.5, 0.6) is 5.75 Å². The van der Waals surface area contributed by atoms with Crippen molar-refractivity contribution in [2.75, 3.05) is 0 Å². The molecule has 0 atom stereocenters. The maximum atomic E-state index is 12.1. The molecule has 0 saturated heterocycles. The van der Waals surface area contributed by atoms with Crippen LogP contribution in [0.2, 0.25) is 0 Å². The summed E-state index contributed by atoms with van der Waals surface area (Å²) in [4.78, 5) is 23.8. The number of para-hydroxylation sites is 1. The number of carbonyl (C=O) groups excluding carboxylic acids is 2. The summed E-state index contributed by atoms with van der Waals surface area (Å²) >= 11 is 0. The monoisotopic (exact) mass is 376 g/mol. The Bertz CT molecular complexity index is 879. The molecule has 2 amide bonds. The Kier molecular flexibility index (Phi) is 6.21. The number of hydrogen-bond acceptors (Lipinski definition) is 4. The summed E-state index contributed by atoms with van der Waals surface area (Å²) in [6.45, 7) is 0. The van der Waals surface area contributed by atoms with Crippen LogP contribution in [0.25, 0.3) is 0 Å². The molecule has 3 aromatic rings. The molecular weight excluding hydrogens is 360 g/mol. The van der Waals surface area contributed by atoms with Gasteiger partial charge in [0.25, 0.3) is 0 Å².